The van der Waals surface area contributed by atoms with Gasteiger partial charge < -0.3 is 9.47 Å². The van der Waals surface area contributed by atoms with Gasteiger partial charge in [0.05, 0.1) is 14.2 Å². The summed E-state index contributed by atoms with van der Waals surface area (Å²) in [7, 11) is 2.63. The molecule has 1 aromatic carbocycles. The Morgan fingerprint density at radius 3 is 1.85 bits per heavy atom. The predicted octanol–water partition coefficient (Wildman–Crippen LogP) is 0.870. The van der Waals surface area contributed by atoms with Crippen molar-refractivity contribution in [3.05, 3.63) is 35.4 Å². The van der Waals surface area contributed by atoms with Gasteiger partial charge in [0.1, 0.15) is 13.1 Å². The van der Waals surface area contributed by atoms with Crippen LogP contribution in [0.1, 0.15) is 11.1 Å². The average Bonchev–Trinajstić information content (AvgIpc) is 2.47. The van der Waals surface area contributed by atoms with E-state index in [1.807, 2.05) is 24.3 Å². The largest absolute Gasteiger partial charge is 0.468 e. The van der Waals surface area contributed by atoms with Gasteiger partial charge in [0.2, 0.25) is 0 Å². The van der Waals surface area contributed by atoms with Crippen LogP contribution in [0.4, 0.5) is 0 Å². The first-order valence-corrected chi connectivity index (χ1v) is 5.89. The zero-order chi connectivity index (χ0) is 14.8. The highest BCUT2D eigenvalue weighted by Crippen LogP contribution is 2.01. The van der Waals surface area contributed by atoms with E-state index in [4.69, 9.17) is 0 Å². The number of carbonyl (C=O) groups excluding carboxylic acids is 2. The van der Waals surface area contributed by atoms with Gasteiger partial charge >= 0.3 is 11.9 Å². The van der Waals surface area contributed by atoms with Gasteiger partial charge in [-0.25, -0.2) is 0 Å². The number of esters is 2. The number of carbonyl (C=O) groups is 2. The first-order chi connectivity index (χ1) is 9.65. The number of hydrogen-bond donors (Lipinski definition) is 0. The number of nitrogens with zero attached hydrogens (tertiary/aromatic N) is 2. The molecule has 0 radical (unpaired) electrons. The van der Waals surface area contributed by atoms with Crippen LogP contribution in [-0.4, -0.2) is 51.7 Å². The van der Waals surface area contributed by atoms with Crippen LogP contribution in [-0.2, 0) is 19.1 Å². The van der Waals surface area contributed by atoms with Gasteiger partial charge in [0.25, 0.3) is 0 Å². The van der Waals surface area contributed by atoms with E-state index < -0.39 is 11.9 Å². The average molecular weight is 276 g/mol. The Morgan fingerprint density at radius 1 is 1.00 bits per heavy atom. The summed E-state index contributed by atoms with van der Waals surface area (Å²) in [4.78, 5) is 29.7. The topological polar surface area (TPSA) is 77.3 Å². The van der Waals surface area contributed by atoms with Crippen molar-refractivity contribution in [2.24, 2.45) is 9.98 Å². The SMILES string of the molecule is COC(=O)CN=Cc1cccc(C=NCC(=O)OC)c1. The number of aliphatic imine (C=N–C) groups is 2. The highest BCUT2D eigenvalue weighted by Gasteiger charge is 1.97. The van der Waals surface area contributed by atoms with E-state index in [2.05, 4.69) is 19.5 Å². The minimum absolute atomic E-state index is 0.0167. The Hall–Kier alpha value is -2.50. The zero-order valence-corrected chi connectivity index (χ0v) is 11.4. The van der Waals surface area contributed by atoms with Crippen molar-refractivity contribution in [3.8, 4) is 0 Å². The normalized spacial score (nSPS) is 10.9. The highest BCUT2D eigenvalue weighted by atomic mass is 16.5. The fourth-order valence-corrected chi connectivity index (χ4v) is 1.30. The first-order valence-electron chi connectivity index (χ1n) is 5.89. The molecule has 0 N–H and O–H groups in total. The minimum atomic E-state index is -0.392. The maximum absolute atomic E-state index is 10.9. The molecule has 106 valence electrons. The molecule has 0 spiro atoms. The lowest BCUT2D eigenvalue weighted by atomic mass is 10.1. The standard InChI is InChI=1S/C14H16N2O4/c1-19-13(17)9-15-7-11-4-3-5-12(6-11)8-16-10-14(18)20-2/h3-8H,9-10H2,1-2H3. The zero-order valence-electron chi connectivity index (χ0n) is 11.4. The molecular weight excluding hydrogens is 260 g/mol. The third-order valence-corrected chi connectivity index (χ3v) is 2.29. The second kappa shape index (κ2) is 8.58. The van der Waals surface area contributed by atoms with E-state index in [0.29, 0.717) is 0 Å². The smallest absolute Gasteiger partial charge is 0.327 e. The molecule has 0 heterocycles. The Kier molecular flexibility index (Phi) is 6.67. The van der Waals surface area contributed by atoms with Gasteiger partial charge in [0.15, 0.2) is 0 Å². The molecule has 0 saturated heterocycles. The molecule has 0 unspecified atom stereocenters. The minimum Gasteiger partial charge on any atom is -0.468 e. The number of rotatable bonds is 6. The molecular formula is C14H16N2O4. The Morgan fingerprint density at radius 2 is 1.45 bits per heavy atom. The molecule has 1 aromatic rings. The Balaban J connectivity index is 2.61. The van der Waals surface area contributed by atoms with Crippen LogP contribution in [0.3, 0.4) is 0 Å². The summed E-state index contributed by atoms with van der Waals surface area (Å²) in [5.41, 5.74) is 1.66. The van der Waals surface area contributed by atoms with E-state index in [-0.39, 0.29) is 13.1 Å². The summed E-state index contributed by atoms with van der Waals surface area (Å²) in [6.45, 7) is -0.0334. The van der Waals surface area contributed by atoms with E-state index in [1.54, 1.807) is 12.4 Å². The Bertz CT molecular complexity index is 480. The molecule has 6 heteroatoms. The summed E-state index contributed by atoms with van der Waals surface area (Å²) >= 11 is 0. The van der Waals surface area contributed by atoms with Crippen molar-refractivity contribution in [3.63, 3.8) is 0 Å². The molecule has 0 saturated carbocycles. The van der Waals surface area contributed by atoms with Crippen molar-refractivity contribution in [1.29, 1.82) is 0 Å². The molecule has 0 aromatic heterocycles. The molecule has 0 fully saturated rings. The lowest BCUT2D eigenvalue weighted by Gasteiger charge is -1.97. The van der Waals surface area contributed by atoms with Crippen LogP contribution in [0.2, 0.25) is 0 Å². The predicted molar refractivity (Wildman–Crippen MR) is 75.4 cm³/mol. The monoisotopic (exact) mass is 276 g/mol. The maximum atomic E-state index is 10.9. The molecule has 1 rings (SSSR count). The molecule has 0 amide bonds. The van der Waals surface area contributed by atoms with Gasteiger partial charge in [-0.15, -0.1) is 0 Å². The second-order valence-electron chi connectivity index (χ2n) is 3.76. The molecule has 0 aliphatic rings. The third kappa shape index (κ3) is 5.90. The maximum Gasteiger partial charge on any atom is 0.327 e. The fourth-order valence-electron chi connectivity index (χ4n) is 1.30. The number of benzene rings is 1. The third-order valence-electron chi connectivity index (χ3n) is 2.29. The van der Waals surface area contributed by atoms with Crippen LogP contribution in [0.25, 0.3) is 0 Å². The molecule has 0 aliphatic heterocycles. The van der Waals surface area contributed by atoms with Gasteiger partial charge in [-0.2, -0.15) is 0 Å². The Labute approximate surface area is 117 Å². The van der Waals surface area contributed by atoms with Crippen LogP contribution < -0.4 is 0 Å². The fraction of sp³-hybridized carbons (Fsp3) is 0.286. The first kappa shape index (κ1) is 15.6. The lowest BCUT2D eigenvalue weighted by molar-refractivity contribution is -0.139. The van der Waals surface area contributed by atoms with Crippen molar-refractivity contribution in [1.82, 2.24) is 0 Å². The van der Waals surface area contributed by atoms with Gasteiger partial charge in [0, 0.05) is 12.4 Å². The summed E-state index contributed by atoms with van der Waals surface area (Å²) in [6, 6.07) is 7.36. The summed E-state index contributed by atoms with van der Waals surface area (Å²) in [6.07, 6.45) is 3.16. The quantitative estimate of drug-likeness (QED) is 0.570. The molecule has 6 nitrogen and oxygen atoms in total. The number of methoxy groups -OCH3 is 2. The molecule has 0 atom stereocenters. The lowest BCUT2D eigenvalue weighted by Crippen LogP contribution is -2.04. The van der Waals surface area contributed by atoms with E-state index in [1.165, 1.54) is 14.2 Å². The molecule has 20 heavy (non-hydrogen) atoms. The summed E-state index contributed by atoms with van der Waals surface area (Å²) in [5, 5.41) is 0. The van der Waals surface area contributed by atoms with Crippen LogP contribution in [0, 0.1) is 0 Å². The summed E-state index contributed by atoms with van der Waals surface area (Å²) < 4.78 is 8.96. The van der Waals surface area contributed by atoms with Crippen molar-refractivity contribution < 1.29 is 19.1 Å². The van der Waals surface area contributed by atoms with E-state index >= 15 is 0 Å². The van der Waals surface area contributed by atoms with E-state index in [9.17, 15) is 9.59 Å². The van der Waals surface area contributed by atoms with Crippen LogP contribution in [0.15, 0.2) is 34.3 Å². The highest BCUT2D eigenvalue weighted by molar-refractivity contribution is 5.87. The van der Waals surface area contributed by atoms with Crippen LogP contribution >= 0.6 is 0 Å². The van der Waals surface area contributed by atoms with Crippen LogP contribution in [0.5, 0.6) is 0 Å². The molecule has 0 bridgehead atoms. The molecule has 0 aliphatic carbocycles. The second-order valence-corrected chi connectivity index (χ2v) is 3.76. The number of ether oxygens (including phenoxy) is 2. The van der Waals surface area contributed by atoms with Crippen molar-refractivity contribution in [2.45, 2.75) is 0 Å². The van der Waals surface area contributed by atoms with E-state index in [0.717, 1.165) is 11.1 Å². The van der Waals surface area contributed by atoms with Gasteiger partial charge in [-0.1, -0.05) is 18.2 Å². The van der Waals surface area contributed by atoms with Crippen molar-refractivity contribution >= 4 is 24.4 Å². The van der Waals surface area contributed by atoms with Crippen molar-refractivity contribution in [2.75, 3.05) is 27.3 Å². The van der Waals surface area contributed by atoms with Gasteiger partial charge in [-0.3, -0.25) is 19.6 Å². The number of hydrogen-bond acceptors (Lipinski definition) is 6. The summed E-state index contributed by atoms with van der Waals surface area (Å²) in [5.74, 6) is -0.783. The van der Waals surface area contributed by atoms with Gasteiger partial charge in [-0.05, 0) is 17.2 Å².